The molecule has 0 bridgehead atoms. The Morgan fingerprint density at radius 3 is 2.30 bits per heavy atom. The zero-order valence-electron chi connectivity index (χ0n) is 15.5. The molecule has 0 saturated heterocycles. The molecule has 4 heteroatoms. The summed E-state index contributed by atoms with van der Waals surface area (Å²) in [6, 6.07) is 2.12. The highest BCUT2D eigenvalue weighted by Crippen LogP contribution is 2.42. The molecule has 1 aromatic carbocycles. The summed E-state index contributed by atoms with van der Waals surface area (Å²) in [7, 11) is 2.05. The molecule has 2 rings (SSSR count). The first-order chi connectivity index (χ1) is 10.5. The van der Waals surface area contributed by atoms with Crippen molar-refractivity contribution in [1.82, 2.24) is 9.55 Å². The zero-order valence-corrected chi connectivity index (χ0v) is 16.3. The maximum Gasteiger partial charge on any atom is 0.112 e. The smallest absolute Gasteiger partial charge is 0.112 e. The summed E-state index contributed by atoms with van der Waals surface area (Å²) >= 11 is 6.76. The fourth-order valence-corrected chi connectivity index (χ4v) is 3.23. The first-order valence-electron chi connectivity index (χ1n) is 8.27. The number of hydrogen-bond donors (Lipinski definition) is 0. The molecule has 0 unspecified atom stereocenters. The average Bonchev–Trinajstić information content (AvgIpc) is 2.73. The Morgan fingerprint density at radius 2 is 1.83 bits per heavy atom. The van der Waals surface area contributed by atoms with Gasteiger partial charge in [0.25, 0.3) is 0 Å². The molecule has 0 N–H and O–H groups in total. The van der Waals surface area contributed by atoms with Crippen molar-refractivity contribution in [1.29, 1.82) is 0 Å². The minimum atomic E-state index is -0.0527. The maximum absolute atomic E-state index is 6.76. The Balaban J connectivity index is 2.88. The van der Waals surface area contributed by atoms with Crippen molar-refractivity contribution >= 4 is 34.5 Å². The lowest BCUT2D eigenvalue weighted by Crippen LogP contribution is -2.12. The van der Waals surface area contributed by atoms with Gasteiger partial charge in [0.15, 0.2) is 0 Å². The van der Waals surface area contributed by atoms with Gasteiger partial charge in [0.1, 0.15) is 11.5 Å². The third-order valence-electron chi connectivity index (χ3n) is 3.93. The van der Waals surface area contributed by atoms with Crippen LogP contribution in [0.3, 0.4) is 0 Å². The van der Waals surface area contributed by atoms with E-state index in [1.54, 1.807) is 0 Å². The lowest BCUT2D eigenvalue weighted by Gasteiger charge is -2.22. The third-order valence-corrected chi connectivity index (χ3v) is 4.32. The molecule has 0 saturated carbocycles. The van der Waals surface area contributed by atoms with E-state index in [1.165, 1.54) is 0 Å². The van der Waals surface area contributed by atoms with Crippen LogP contribution in [-0.4, -0.2) is 15.8 Å². The molecule has 0 aliphatic carbocycles. The highest BCUT2D eigenvalue weighted by atomic mass is 35.5. The van der Waals surface area contributed by atoms with Crippen LogP contribution in [0, 0.1) is 5.92 Å². The van der Waals surface area contributed by atoms with Crippen molar-refractivity contribution in [3.63, 3.8) is 0 Å². The molecule has 1 aromatic heterocycles. The van der Waals surface area contributed by atoms with Crippen LogP contribution in [0.15, 0.2) is 11.1 Å². The Bertz CT molecular complexity index is 746. The van der Waals surface area contributed by atoms with Gasteiger partial charge in [-0.25, -0.2) is 4.98 Å². The second-order valence-electron chi connectivity index (χ2n) is 7.91. The van der Waals surface area contributed by atoms with Crippen molar-refractivity contribution < 1.29 is 0 Å². The summed E-state index contributed by atoms with van der Waals surface area (Å²) in [5, 5.41) is 0.736. The Labute approximate surface area is 144 Å². The van der Waals surface area contributed by atoms with E-state index in [1.807, 2.05) is 13.3 Å². The first-order valence-corrected chi connectivity index (χ1v) is 8.65. The van der Waals surface area contributed by atoms with Crippen LogP contribution in [0.4, 0.5) is 5.69 Å². The minimum absolute atomic E-state index is 0.0527. The lowest BCUT2D eigenvalue weighted by atomic mass is 9.86. The third kappa shape index (κ3) is 3.45. The van der Waals surface area contributed by atoms with Gasteiger partial charge in [-0.1, -0.05) is 60.1 Å². The van der Waals surface area contributed by atoms with Crippen molar-refractivity contribution in [2.24, 2.45) is 18.0 Å². The molecular weight excluding hydrogens is 306 g/mol. The quantitative estimate of drug-likeness (QED) is 0.633. The standard InChI is InChI=1S/C19H28ClN3/c1-11(2)10-21-16-15(20)13(19(5,6)7)9-14-17(16)23(8)18(22-14)12(3)4/h9-12H,1-8H3. The number of nitrogens with zero attached hydrogens (tertiary/aromatic N) is 3. The fourth-order valence-electron chi connectivity index (χ4n) is 2.75. The van der Waals surface area contributed by atoms with Crippen molar-refractivity contribution in [2.75, 3.05) is 0 Å². The predicted molar refractivity (Wildman–Crippen MR) is 102 cm³/mol. The normalized spacial score (nSPS) is 13.2. The van der Waals surface area contributed by atoms with Crippen LogP contribution < -0.4 is 0 Å². The first kappa shape index (κ1) is 18.0. The minimum Gasteiger partial charge on any atom is -0.329 e. The molecule has 23 heavy (non-hydrogen) atoms. The molecule has 0 atom stereocenters. The predicted octanol–water partition coefficient (Wildman–Crippen LogP) is 6.01. The van der Waals surface area contributed by atoms with Crippen LogP contribution >= 0.6 is 11.6 Å². The molecular formula is C19H28ClN3. The van der Waals surface area contributed by atoms with Crippen LogP contribution in [-0.2, 0) is 12.5 Å². The molecule has 0 radical (unpaired) electrons. The van der Waals surface area contributed by atoms with Crippen molar-refractivity contribution in [3.8, 4) is 0 Å². The summed E-state index contributed by atoms with van der Waals surface area (Å²) in [6.07, 6.45) is 1.95. The molecule has 2 aromatic rings. The number of halogens is 1. The number of imidazole rings is 1. The maximum atomic E-state index is 6.76. The summed E-state index contributed by atoms with van der Waals surface area (Å²) < 4.78 is 2.13. The fraction of sp³-hybridized carbons (Fsp3) is 0.579. The highest BCUT2D eigenvalue weighted by molar-refractivity contribution is 6.35. The monoisotopic (exact) mass is 333 g/mol. The van der Waals surface area contributed by atoms with E-state index in [-0.39, 0.29) is 5.41 Å². The van der Waals surface area contributed by atoms with Gasteiger partial charge in [-0.15, -0.1) is 0 Å². The van der Waals surface area contributed by atoms with Crippen molar-refractivity contribution in [3.05, 3.63) is 22.5 Å². The van der Waals surface area contributed by atoms with Gasteiger partial charge in [-0.2, -0.15) is 0 Å². The Hall–Kier alpha value is -1.35. The topological polar surface area (TPSA) is 30.2 Å². The number of aromatic nitrogens is 2. The van der Waals surface area contributed by atoms with E-state index in [0.717, 1.165) is 33.1 Å². The van der Waals surface area contributed by atoms with Crippen LogP contribution in [0.25, 0.3) is 11.0 Å². The number of aryl methyl sites for hydroxylation is 1. The van der Waals surface area contributed by atoms with Gasteiger partial charge in [-0.05, 0) is 23.0 Å². The van der Waals surface area contributed by atoms with Crippen LogP contribution in [0.5, 0.6) is 0 Å². The van der Waals surface area contributed by atoms with E-state index in [2.05, 4.69) is 59.1 Å². The van der Waals surface area contributed by atoms with Gasteiger partial charge >= 0.3 is 0 Å². The SMILES string of the molecule is CC(C)C=Nc1c(Cl)c(C(C)(C)C)cc2nc(C(C)C)n(C)c12. The molecule has 0 aliphatic rings. The van der Waals surface area contributed by atoms with Gasteiger partial charge in [0.05, 0.1) is 16.1 Å². The van der Waals surface area contributed by atoms with E-state index in [9.17, 15) is 0 Å². The molecule has 0 fully saturated rings. The number of benzene rings is 1. The summed E-state index contributed by atoms with van der Waals surface area (Å²) in [6.45, 7) is 15.1. The summed E-state index contributed by atoms with van der Waals surface area (Å²) in [5.41, 5.74) is 3.87. The van der Waals surface area contributed by atoms with Crippen molar-refractivity contribution in [2.45, 2.75) is 59.8 Å². The van der Waals surface area contributed by atoms with Gasteiger partial charge in [0, 0.05) is 19.2 Å². The molecule has 0 aliphatic heterocycles. The molecule has 126 valence electrons. The van der Waals surface area contributed by atoms with Gasteiger partial charge in [0.2, 0.25) is 0 Å². The summed E-state index contributed by atoms with van der Waals surface area (Å²) in [5.74, 6) is 1.78. The second-order valence-corrected chi connectivity index (χ2v) is 8.29. The van der Waals surface area contributed by atoms with Gasteiger partial charge in [-0.3, -0.25) is 4.99 Å². The van der Waals surface area contributed by atoms with E-state index in [4.69, 9.17) is 21.6 Å². The number of aliphatic imine (C=N–C) groups is 1. The number of rotatable bonds is 3. The second kappa shape index (κ2) is 6.27. The molecule has 0 spiro atoms. The van der Waals surface area contributed by atoms with Crippen LogP contribution in [0.2, 0.25) is 5.02 Å². The largest absolute Gasteiger partial charge is 0.329 e. The van der Waals surface area contributed by atoms with E-state index in [0.29, 0.717) is 11.8 Å². The van der Waals surface area contributed by atoms with Gasteiger partial charge < -0.3 is 4.57 Å². The number of hydrogen-bond acceptors (Lipinski definition) is 2. The van der Waals surface area contributed by atoms with E-state index < -0.39 is 0 Å². The molecule has 1 heterocycles. The van der Waals surface area contributed by atoms with E-state index >= 15 is 0 Å². The zero-order chi connectivity index (χ0) is 17.5. The Morgan fingerprint density at radius 1 is 1.22 bits per heavy atom. The summed E-state index contributed by atoms with van der Waals surface area (Å²) in [4.78, 5) is 9.57. The average molecular weight is 334 g/mol. The highest BCUT2D eigenvalue weighted by Gasteiger charge is 2.24. The Kier molecular flexibility index (Phi) is 4.91. The number of fused-ring (bicyclic) bond motifs is 1. The van der Waals surface area contributed by atoms with Crippen LogP contribution in [0.1, 0.15) is 65.8 Å². The molecule has 3 nitrogen and oxygen atoms in total. The lowest BCUT2D eigenvalue weighted by molar-refractivity contribution is 0.591. The molecule has 0 amide bonds.